The zero-order valence-electron chi connectivity index (χ0n) is 13.4. The van der Waals surface area contributed by atoms with E-state index in [0.29, 0.717) is 28.3 Å². The molecule has 0 atom stereocenters. The highest BCUT2D eigenvalue weighted by Crippen LogP contribution is 2.27. The number of carbonyl (C=O) groups is 2. The number of methoxy groups -OCH3 is 1. The molecule has 0 unspecified atom stereocenters. The molecule has 0 saturated heterocycles. The lowest BCUT2D eigenvalue weighted by Crippen LogP contribution is -2.29. The van der Waals surface area contributed by atoms with Crippen molar-refractivity contribution in [3.63, 3.8) is 0 Å². The van der Waals surface area contributed by atoms with Crippen molar-refractivity contribution in [2.75, 3.05) is 7.11 Å². The Kier molecular flexibility index (Phi) is 3.57. The highest BCUT2D eigenvalue weighted by atomic mass is 16.5. The molecule has 124 valence electrons. The SMILES string of the molecule is COc1cccc(-c2cc(CN3C(=O)c4ccccc4C3=O)no2)c1. The van der Waals surface area contributed by atoms with Crippen LogP contribution in [0.25, 0.3) is 11.3 Å². The number of ether oxygens (including phenoxy) is 1. The highest BCUT2D eigenvalue weighted by Gasteiger charge is 2.35. The Balaban J connectivity index is 1.58. The standard InChI is InChI=1S/C19H14N2O4/c1-24-14-6-4-5-12(9-14)17-10-13(20-25-17)11-21-18(22)15-7-2-3-8-16(15)19(21)23/h2-10H,11H2,1H3. The number of hydrogen-bond donors (Lipinski definition) is 0. The van der Waals surface area contributed by atoms with Gasteiger partial charge in [0.25, 0.3) is 11.8 Å². The van der Waals surface area contributed by atoms with Gasteiger partial charge in [0.2, 0.25) is 0 Å². The van der Waals surface area contributed by atoms with Crippen LogP contribution in [0.15, 0.2) is 59.1 Å². The molecule has 6 nitrogen and oxygen atoms in total. The fraction of sp³-hybridized carbons (Fsp3) is 0.105. The fourth-order valence-electron chi connectivity index (χ4n) is 2.84. The van der Waals surface area contributed by atoms with E-state index in [9.17, 15) is 9.59 Å². The minimum Gasteiger partial charge on any atom is -0.497 e. The summed E-state index contributed by atoms with van der Waals surface area (Å²) in [7, 11) is 1.59. The molecule has 6 heteroatoms. The van der Waals surface area contributed by atoms with Gasteiger partial charge in [0.15, 0.2) is 5.76 Å². The van der Waals surface area contributed by atoms with Crippen molar-refractivity contribution in [1.82, 2.24) is 10.1 Å². The number of rotatable bonds is 4. The third-order valence-corrected chi connectivity index (χ3v) is 4.11. The number of hydrogen-bond acceptors (Lipinski definition) is 5. The van der Waals surface area contributed by atoms with E-state index in [4.69, 9.17) is 9.26 Å². The summed E-state index contributed by atoms with van der Waals surface area (Å²) < 4.78 is 10.5. The molecule has 25 heavy (non-hydrogen) atoms. The van der Waals surface area contributed by atoms with E-state index >= 15 is 0 Å². The van der Waals surface area contributed by atoms with Gasteiger partial charge in [0.1, 0.15) is 11.4 Å². The maximum atomic E-state index is 12.4. The van der Waals surface area contributed by atoms with Crippen LogP contribution in [0.4, 0.5) is 0 Å². The van der Waals surface area contributed by atoms with Crippen LogP contribution in [0.1, 0.15) is 26.4 Å². The third-order valence-electron chi connectivity index (χ3n) is 4.11. The maximum Gasteiger partial charge on any atom is 0.261 e. The lowest BCUT2D eigenvalue weighted by Gasteiger charge is -2.10. The normalized spacial score (nSPS) is 13.2. The van der Waals surface area contributed by atoms with Gasteiger partial charge in [-0.1, -0.05) is 29.4 Å². The van der Waals surface area contributed by atoms with Crippen molar-refractivity contribution in [2.24, 2.45) is 0 Å². The van der Waals surface area contributed by atoms with Crippen LogP contribution < -0.4 is 4.74 Å². The van der Waals surface area contributed by atoms with Gasteiger partial charge in [-0.3, -0.25) is 14.5 Å². The van der Waals surface area contributed by atoms with Crippen LogP contribution in [0, 0.1) is 0 Å². The van der Waals surface area contributed by atoms with Crippen molar-refractivity contribution >= 4 is 11.8 Å². The lowest BCUT2D eigenvalue weighted by molar-refractivity contribution is 0.0639. The number of aromatic nitrogens is 1. The predicted molar refractivity (Wildman–Crippen MR) is 89.1 cm³/mol. The first-order chi connectivity index (χ1) is 12.2. The molecule has 2 aromatic carbocycles. The van der Waals surface area contributed by atoms with Crippen molar-refractivity contribution in [1.29, 1.82) is 0 Å². The van der Waals surface area contributed by atoms with Crippen molar-refractivity contribution < 1.29 is 18.8 Å². The van der Waals surface area contributed by atoms with E-state index in [0.717, 1.165) is 5.56 Å². The Morgan fingerprint density at radius 2 is 1.72 bits per heavy atom. The van der Waals surface area contributed by atoms with Crippen molar-refractivity contribution in [3.8, 4) is 17.1 Å². The largest absolute Gasteiger partial charge is 0.497 e. The lowest BCUT2D eigenvalue weighted by atomic mass is 10.1. The monoisotopic (exact) mass is 334 g/mol. The first-order valence-electron chi connectivity index (χ1n) is 7.72. The van der Waals surface area contributed by atoms with Crippen LogP contribution in [-0.4, -0.2) is 29.0 Å². The second kappa shape index (κ2) is 5.90. The quantitative estimate of drug-likeness (QED) is 0.685. The van der Waals surface area contributed by atoms with Gasteiger partial charge in [-0.25, -0.2) is 0 Å². The van der Waals surface area contributed by atoms with E-state index in [2.05, 4.69) is 5.16 Å². The van der Waals surface area contributed by atoms with E-state index in [-0.39, 0.29) is 18.4 Å². The second-order valence-electron chi connectivity index (χ2n) is 5.66. The first kappa shape index (κ1) is 15.1. The molecule has 4 rings (SSSR count). The highest BCUT2D eigenvalue weighted by molar-refractivity contribution is 6.21. The third kappa shape index (κ3) is 2.57. The van der Waals surface area contributed by atoms with E-state index in [1.54, 1.807) is 37.4 Å². The van der Waals surface area contributed by atoms with Crippen molar-refractivity contribution in [3.05, 3.63) is 71.4 Å². The van der Waals surface area contributed by atoms with E-state index in [1.165, 1.54) is 4.90 Å². The van der Waals surface area contributed by atoms with Gasteiger partial charge in [0, 0.05) is 11.6 Å². The molecule has 0 aliphatic carbocycles. The number of nitrogens with zero attached hydrogens (tertiary/aromatic N) is 2. The van der Waals surface area contributed by atoms with Gasteiger partial charge in [-0.05, 0) is 24.3 Å². The minimum atomic E-state index is -0.313. The summed E-state index contributed by atoms with van der Waals surface area (Å²) in [4.78, 5) is 26.0. The van der Waals surface area contributed by atoms with E-state index < -0.39 is 0 Å². The predicted octanol–water partition coefficient (Wildman–Crippen LogP) is 3.15. The molecule has 0 N–H and O–H groups in total. The topological polar surface area (TPSA) is 72.6 Å². The molecule has 0 radical (unpaired) electrons. The summed E-state index contributed by atoms with van der Waals surface area (Å²) >= 11 is 0. The molecule has 0 saturated carbocycles. The second-order valence-corrected chi connectivity index (χ2v) is 5.66. The zero-order chi connectivity index (χ0) is 17.4. The van der Waals surface area contributed by atoms with Gasteiger partial charge < -0.3 is 9.26 Å². The summed E-state index contributed by atoms with van der Waals surface area (Å²) in [6, 6.07) is 15.9. The van der Waals surface area contributed by atoms with Crippen molar-refractivity contribution in [2.45, 2.75) is 6.54 Å². The zero-order valence-corrected chi connectivity index (χ0v) is 13.4. The first-order valence-corrected chi connectivity index (χ1v) is 7.72. The Morgan fingerprint density at radius 1 is 1.00 bits per heavy atom. The Bertz CT molecular complexity index is 942. The molecular weight excluding hydrogens is 320 g/mol. The molecule has 0 fully saturated rings. The van der Waals surface area contributed by atoms with Gasteiger partial charge >= 0.3 is 0 Å². The molecular formula is C19H14N2O4. The fourth-order valence-corrected chi connectivity index (χ4v) is 2.84. The summed E-state index contributed by atoms with van der Waals surface area (Å²) in [6.45, 7) is 0.0693. The molecule has 3 aromatic rings. The molecule has 1 aliphatic heterocycles. The Hall–Kier alpha value is -3.41. The number of amides is 2. The van der Waals surface area contributed by atoms with Crippen LogP contribution >= 0.6 is 0 Å². The van der Waals surface area contributed by atoms with Gasteiger partial charge in [-0.15, -0.1) is 0 Å². The summed E-state index contributed by atoms with van der Waals surface area (Å²) in [5, 5.41) is 3.98. The Labute approximate surface area is 143 Å². The van der Waals surface area contributed by atoms with Crippen LogP contribution in [0.2, 0.25) is 0 Å². The molecule has 1 aliphatic rings. The summed E-state index contributed by atoms with van der Waals surface area (Å²) in [6.07, 6.45) is 0. The molecule has 2 amide bonds. The number of fused-ring (bicyclic) bond motifs is 1. The molecule has 2 heterocycles. The average molecular weight is 334 g/mol. The van der Waals surface area contributed by atoms with Crippen LogP contribution in [0.5, 0.6) is 5.75 Å². The maximum absolute atomic E-state index is 12.4. The number of carbonyl (C=O) groups excluding carboxylic acids is 2. The van der Waals surface area contributed by atoms with Gasteiger partial charge in [-0.2, -0.15) is 0 Å². The minimum absolute atomic E-state index is 0.0693. The molecule has 0 spiro atoms. The Morgan fingerprint density at radius 3 is 2.40 bits per heavy atom. The average Bonchev–Trinajstić information content (AvgIpc) is 3.22. The van der Waals surface area contributed by atoms with Gasteiger partial charge in [0.05, 0.1) is 24.8 Å². The molecule has 0 bridgehead atoms. The van der Waals surface area contributed by atoms with Crippen LogP contribution in [-0.2, 0) is 6.54 Å². The summed E-state index contributed by atoms with van der Waals surface area (Å²) in [5.74, 6) is 0.624. The number of imide groups is 1. The van der Waals surface area contributed by atoms with E-state index in [1.807, 2.05) is 24.3 Å². The smallest absolute Gasteiger partial charge is 0.261 e. The van der Waals surface area contributed by atoms with Crippen LogP contribution in [0.3, 0.4) is 0 Å². The number of benzene rings is 2. The summed E-state index contributed by atoms with van der Waals surface area (Å²) in [5.41, 5.74) is 2.15. The molecule has 1 aromatic heterocycles.